The van der Waals surface area contributed by atoms with Gasteiger partial charge in [0.25, 0.3) is 5.91 Å². The molecule has 0 bridgehead atoms. The molecule has 0 spiro atoms. The van der Waals surface area contributed by atoms with E-state index in [2.05, 4.69) is 0 Å². The number of fused-ring (bicyclic) bond motifs is 1. The monoisotopic (exact) mass is 360 g/mol. The van der Waals surface area contributed by atoms with Crippen molar-refractivity contribution in [1.29, 1.82) is 0 Å². The first-order chi connectivity index (χ1) is 13.2. The minimum Gasteiger partial charge on any atom is -0.467 e. The second-order valence-electron chi connectivity index (χ2n) is 6.59. The second kappa shape index (κ2) is 7.11. The molecule has 1 aliphatic rings. The number of hydrogen-bond donors (Lipinski definition) is 0. The summed E-state index contributed by atoms with van der Waals surface area (Å²) in [6.07, 6.45) is 4.32. The molecule has 5 nitrogen and oxygen atoms in total. The SMILES string of the molecule is COC(=O)C1Cc2ccccc2CN1C(=O)c1cccc(-n2cccc2)c1. The fourth-order valence-electron chi connectivity index (χ4n) is 3.56. The third-order valence-corrected chi connectivity index (χ3v) is 4.98. The number of methoxy groups -OCH3 is 1. The Hall–Kier alpha value is -3.34. The van der Waals surface area contributed by atoms with Crippen LogP contribution in [0.3, 0.4) is 0 Å². The van der Waals surface area contributed by atoms with Crippen molar-refractivity contribution in [3.63, 3.8) is 0 Å². The van der Waals surface area contributed by atoms with Crippen LogP contribution < -0.4 is 0 Å². The molecule has 5 heteroatoms. The lowest BCUT2D eigenvalue weighted by Gasteiger charge is -2.35. The molecule has 1 amide bonds. The van der Waals surface area contributed by atoms with Crippen LogP contribution >= 0.6 is 0 Å². The number of esters is 1. The van der Waals surface area contributed by atoms with Gasteiger partial charge in [0.05, 0.1) is 7.11 Å². The van der Waals surface area contributed by atoms with E-state index in [0.717, 1.165) is 16.8 Å². The Morgan fingerprint density at radius 3 is 2.44 bits per heavy atom. The van der Waals surface area contributed by atoms with Crippen LogP contribution in [0.25, 0.3) is 5.69 Å². The number of ether oxygens (including phenoxy) is 1. The summed E-state index contributed by atoms with van der Waals surface area (Å²) >= 11 is 0. The third kappa shape index (κ3) is 3.24. The van der Waals surface area contributed by atoms with E-state index in [1.54, 1.807) is 11.0 Å². The van der Waals surface area contributed by atoms with Gasteiger partial charge in [-0.15, -0.1) is 0 Å². The average molecular weight is 360 g/mol. The van der Waals surface area contributed by atoms with E-state index >= 15 is 0 Å². The molecule has 0 aliphatic carbocycles. The minimum absolute atomic E-state index is 0.172. The predicted molar refractivity (Wildman–Crippen MR) is 102 cm³/mol. The van der Waals surface area contributed by atoms with E-state index in [4.69, 9.17) is 4.74 Å². The molecule has 4 rings (SSSR count). The summed E-state index contributed by atoms with van der Waals surface area (Å²) in [5, 5.41) is 0. The van der Waals surface area contributed by atoms with Crippen LogP contribution in [0.5, 0.6) is 0 Å². The maximum Gasteiger partial charge on any atom is 0.328 e. The molecule has 2 heterocycles. The van der Waals surface area contributed by atoms with Crippen molar-refractivity contribution in [2.24, 2.45) is 0 Å². The highest BCUT2D eigenvalue weighted by Crippen LogP contribution is 2.26. The summed E-state index contributed by atoms with van der Waals surface area (Å²) in [6.45, 7) is 0.391. The van der Waals surface area contributed by atoms with Crippen molar-refractivity contribution in [3.05, 3.63) is 89.7 Å². The van der Waals surface area contributed by atoms with Gasteiger partial charge >= 0.3 is 5.97 Å². The van der Waals surface area contributed by atoms with Crippen LogP contribution in [-0.2, 0) is 22.5 Å². The molecule has 0 saturated heterocycles. The number of benzene rings is 2. The molecule has 1 unspecified atom stereocenters. The van der Waals surface area contributed by atoms with Crippen molar-refractivity contribution >= 4 is 11.9 Å². The van der Waals surface area contributed by atoms with E-state index in [9.17, 15) is 9.59 Å². The number of rotatable bonds is 3. The Balaban J connectivity index is 1.69. The van der Waals surface area contributed by atoms with Crippen LogP contribution in [0.15, 0.2) is 73.1 Å². The summed E-state index contributed by atoms with van der Waals surface area (Å²) < 4.78 is 6.91. The Morgan fingerprint density at radius 2 is 1.70 bits per heavy atom. The quantitative estimate of drug-likeness (QED) is 0.674. The van der Waals surface area contributed by atoms with Gasteiger partial charge in [-0.25, -0.2) is 4.79 Å². The predicted octanol–water partition coefficient (Wildman–Crippen LogP) is 3.22. The molecule has 136 valence electrons. The molecule has 0 radical (unpaired) electrons. The summed E-state index contributed by atoms with van der Waals surface area (Å²) in [5.74, 6) is -0.562. The number of carbonyl (C=O) groups excluding carboxylic acids is 2. The van der Waals surface area contributed by atoms with E-state index in [0.29, 0.717) is 18.5 Å². The molecule has 1 aromatic heterocycles. The molecular weight excluding hydrogens is 340 g/mol. The maximum atomic E-state index is 13.3. The highest BCUT2D eigenvalue weighted by Gasteiger charge is 2.35. The maximum absolute atomic E-state index is 13.3. The number of hydrogen-bond acceptors (Lipinski definition) is 3. The molecule has 2 aromatic carbocycles. The van der Waals surface area contributed by atoms with Crippen molar-refractivity contribution in [3.8, 4) is 5.69 Å². The van der Waals surface area contributed by atoms with Crippen molar-refractivity contribution in [2.45, 2.75) is 19.0 Å². The van der Waals surface area contributed by atoms with Crippen molar-refractivity contribution in [1.82, 2.24) is 9.47 Å². The molecule has 1 aliphatic heterocycles. The van der Waals surface area contributed by atoms with Crippen LogP contribution in [0.1, 0.15) is 21.5 Å². The molecule has 0 fully saturated rings. The van der Waals surface area contributed by atoms with Crippen molar-refractivity contribution in [2.75, 3.05) is 7.11 Å². The molecular formula is C22H20N2O3. The Morgan fingerprint density at radius 1 is 0.963 bits per heavy atom. The van der Waals surface area contributed by atoms with Gasteiger partial charge in [-0.3, -0.25) is 4.79 Å². The Bertz CT molecular complexity index is 979. The average Bonchev–Trinajstić information content (AvgIpc) is 3.26. The van der Waals surface area contributed by atoms with Gasteiger partial charge in [-0.2, -0.15) is 0 Å². The van der Waals surface area contributed by atoms with Gasteiger partial charge in [-0.1, -0.05) is 30.3 Å². The lowest BCUT2D eigenvalue weighted by atomic mass is 9.93. The summed E-state index contributed by atoms with van der Waals surface area (Å²) in [6, 6.07) is 18.6. The molecule has 3 aromatic rings. The molecule has 1 atom stereocenters. The summed E-state index contributed by atoms with van der Waals surface area (Å²) in [5.41, 5.74) is 3.60. The fourth-order valence-corrected chi connectivity index (χ4v) is 3.56. The summed E-state index contributed by atoms with van der Waals surface area (Å²) in [7, 11) is 1.36. The van der Waals surface area contributed by atoms with Crippen LogP contribution in [0.4, 0.5) is 0 Å². The minimum atomic E-state index is -0.618. The Labute approximate surface area is 157 Å². The first-order valence-electron chi connectivity index (χ1n) is 8.86. The fraction of sp³-hybridized carbons (Fsp3) is 0.182. The topological polar surface area (TPSA) is 51.5 Å². The van der Waals surface area contributed by atoms with Gasteiger partial charge in [0.1, 0.15) is 6.04 Å². The zero-order chi connectivity index (χ0) is 18.8. The molecule has 0 N–H and O–H groups in total. The number of amides is 1. The van der Waals surface area contributed by atoms with E-state index in [1.165, 1.54) is 7.11 Å². The lowest BCUT2D eigenvalue weighted by Crippen LogP contribution is -2.49. The highest BCUT2D eigenvalue weighted by atomic mass is 16.5. The van der Waals surface area contributed by atoms with Gasteiger partial charge in [0.15, 0.2) is 0 Å². The van der Waals surface area contributed by atoms with E-state index in [1.807, 2.05) is 71.6 Å². The first kappa shape index (κ1) is 17.1. The standard InChI is InChI=1S/C22H20N2O3/c1-27-22(26)20-14-16-7-2-3-8-18(16)15-24(20)21(25)17-9-6-10-19(13-17)23-11-4-5-12-23/h2-13,20H,14-15H2,1H3. The number of nitrogens with zero attached hydrogens (tertiary/aromatic N) is 2. The van der Waals surface area contributed by atoms with E-state index in [-0.39, 0.29) is 11.9 Å². The van der Waals surface area contributed by atoms with E-state index < -0.39 is 6.04 Å². The van der Waals surface area contributed by atoms with Crippen molar-refractivity contribution < 1.29 is 14.3 Å². The van der Waals surface area contributed by atoms with Crippen LogP contribution in [0.2, 0.25) is 0 Å². The van der Waals surface area contributed by atoms with Gasteiger partial charge in [0.2, 0.25) is 0 Å². The zero-order valence-corrected chi connectivity index (χ0v) is 15.0. The number of aromatic nitrogens is 1. The highest BCUT2D eigenvalue weighted by molar-refractivity contribution is 5.97. The third-order valence-electron chi connectivity index (χ3n) is 4.98. The first-order valence-corrected chi connectivity index (χ1v) is 8.86. The zero-order valence-electron chi connectivity index (χ0n) is 15.0. The smallest absolute Gasteiger partial charge is 0.328 e. The van der Waals surface area contributed by atoms with Gasteiger partial charge in [0, 0.05) is 36.6 Å². The number of carbonyl (C=O) groups is 2. The van der Waals surface area contributed by atoms with Crippen LogP contribution in [0, 0.1) is 0 Å². The lowest BCUT2D eigenvalue weighted by molar-refractivity contribution is -0.146. The Kier molecular flexibility index (Phi) is 4.50. The van der Waals surface area contributed by atoms with Gasteiger partial charge < -0.3 is 14.2 Å². The van der Waals surface area contributed by atoms with Gasteiger partial charge in [-0.05, 0) is 41.5 Å². The molecule has 0 saturated carbocycles. The normalized spacial score (nSPS) is 15.9. The summed E-state index contributed by atoms with van der Waals surface area (Å²) in [4.78, 5) is 27.2. The van der Waals surface area contributed by atoms with Crippen LogP contribution in [-0.4, -0.2) is 34.5 Å². The molecule has 27 heavy (non-hydrogen) atoms. The second-order valence-corrected chi connectivity index (χ2v) is 6.59. The largest absolute Gasteiger partial charge is 0.467 e.